The molecular formula is C20H30F3N5O4. The molecule has 1 N–H and O–H groups in total. The molecule has 32 heavy (non-hydrogen) atoms. The fourth-order valence-corrected chi connectivity index (χ4v) is 2.91. The number of carbonyl (C=O) groups excluding carboxylic acids is 2. The number of carbonyl (C=O) groups is 2. The van der Waals surface area contributed by atoms with E-state index in [0.717, 1.165) is 12.4 Å². The highest BCUT2D eigenvalue weighted by Crippen LogP contribution is 2.28. The Kier molecular flexibility index (Phi) is 8.65. The van der Waals surface area contributed by atoms with E-state index in [1.165, 1.54) is 0 Å². The molecule has 1 saturated heterocycles. The lowest BCUT2D eigenvalue weighted by Crippen LogP contribution is -2.49. The highest BCUT2D eigenvalue weighted by atomic mass is 19.4. The van der Waals surface area contributed by atoms with Crippen LogP contribution < -0.4 is 10.2 Å². The van der Waals surface area contributed by atoms with Crippen molar-refractivity contribution in [1.29, 1.82) is 0 Å². The average molecular weight is 461 g/mol. The molecule has 1 aliphatic heterocycles. The van der Waals surface area contributed by atoms with Crippen molar-refractivity contribution in [3.8, 4) is 0 Å². The van der Waals surface area contributed by atoms with Crippen molar-refractivity contribution in [2.75, 3.05) is 44.3 Å². The number of hydrogen-bond acceptors (Lipinski definition) is 7. The summed E-state index contributed by atoms with van der Waals surface area (Å²) >= 11 is 0. The van der Waals surface area contributed by atoms with Crippen LogP contribution in [0.1, 0.15) is 39.7 Å². The molecule has 180 valence electrons. The summed E-state index contributed by atoms with van der Waals surface area (Å²) in [6, 6.07) is -0.271. The smallest absolute Gasteiger partial charge is 0.419 e. The number of amides is 2. The topological polar surface area (TPSA) is 96.9 Å². The summed E-state index contributed by atoms with van der Waals surface area (Å²) in [5.74, 6) is 0.130. The molecule has 2 heterocycles. The van der Waals surface area contributed by atoms with Gasteiger partial charge in [-0.2, -0.15) is 13.2 Å². The minimum atomic E-state index is -4.48. The van der Waals surface area contributed by atoms with E-state index in [0.29, 0.717) is 26.2 Å². The molecule has 2 rings (SSSR count). The van der Waals surface area contributed by atoms with Gasteiger partial charge in [0.25, 0.3) is 0 Å². The quantitative estimate of drug-likeness (QED) is 0.623. The van der Waals surface area contributed by atoms with E-state index >= 15 is 0 Å². The zero-order valence-electron chi connectivity index (χ0n) is 18.7. The summed E-state index contributed by atoms with van der Waals surface area (Å²) < 4.78 is 48.5. The molecule has 12 heteroatoms. The second kappa shape index (κ2) is 10.8. The average Bonchev–Trinajstić information content (AvgIpc) is 2.69. The summed E-state index contributed by atoms with van der Waals surface area (Å²) in [5, 5.41) is 2.66. The molecule has 1 aliphatic rings. The summed E-state index contributed by atoms with van der Waals surface area (Å²) in [5.41, 5.74) is -1.48. The number of halogens is 3. The number of nitrogens with one attached hydrogen (secondary N) is 1. The summed E-state index contributed by atoms with van der Waals surface area (Å²) in [6.45, 7) is 9.23. The van der Waals surface area contributed by atoms with Gasteiger partial charge >= 0.3 is 12.3 Å². The molecule has 1 atom stereocenters. The number of hydrogen-bond donors (Lipinski definition) is 1. The molecule has 0 aromatic carbocycles. The third-order valence-electron chi connectivity index (χ3n) is 4.47. The monoisotopic (exact) mass is 461 g/mol. The molecular weight excluding hydrogens is 431 g/mol. The maximum Gasteiger partial charge on any atom is 0.419 e. The minimum absolute atomic E-state index is 0.0780. The van der Waals surface area contributed by atoms with Crippen LogP contribution in [0.4, 0.5) is 23.9 Å². The number of aromatic nitrogens is 2. The van der Waals surface area contributed by atoms with E-state index in [4.69, 9.17) is 9.47 Å². The number of alkyl carbamates (subject to hydrolysis) is 1. The molecule has 1 aromatic heterocycles. The molecule has 2 amide bonds. The van der Waals surface area contributed by atoms with Gasteiger partial charge in [-0.05, 0) is 27.7 Å². The third kappa shape index (κ3) is 8.48. The van der Waals surface area contributed by atoms with Crippen molar-refractivity contribution in [2.45, 2.75) is 51.9 Å². The lowest BCUT2D eigenvalue weighted by molar-refractivity contribution is -0.138. The van der Waals surface area contributed by atoms with Gasteiger partial charge in [0.05, 0.1) is 31.2 Å². The van der Waals surface area contributed by atoms with Crippen molar-refractivity contribution in [3.63, 3.8) is 0 Å². The van der Waals surface area contributed by atoms with Crippen LogP contribution >= 0.6 is 0 Å². The van der Waals surface area contributed by atoms with Crippen LogP contribution in [-0.4, -0.2) is 77.9 Å². The third-order valence-corrected chi connectivity index (χ3v) is 4.47. The van der Waals surface area contributed by atoms with E-state index in [-0.39, 0.29) is 37.5 Å². The predicted octanol–water partition coefficient (Wildman–Crippen LogP) is 2.46. The molecule has 0 aliphatic carbocycles. The van der Waals surface area contributed by atoms with Gasteiger partial charge in [-0.15, -0.1) is 0 Å². The van der Waals surface area contributed by atoms with Gasteiger partial charge in [0.1, 0.15) is 5.60 Å². The fourth-order valence-electron chi connectivity index (χ4n) is 2.91. The highest BCUT2D eigenvalue weighted by Gasteiger charge is 2.32. The van der Waals surface area contributed by atoms with Gasteiger partial charge in [0.2, 0.25) is 11.9 Å². The molecule has 0 radical (unpaired) electrons. The van der Waals surface area contributed by atoms with Gasteiger partial charge in [-0.1, -0.05) is 0 Å². The summed E-state index contributed by atoms with van der Waals surface area (Å²) in [4.78, 5) is 35.0. The molecule has 0 spiro atoms. The Morgan fingerprint density at radius 1 is 1.12 bits per heavy atom. The SMILES string of the molecule is C[C@@H](COCCC(=O)N1CCN(c2ncc(C(F)(F)F)cn2)CC1)NC(=O)OC(C)(C)C. The maximum atomic E-state index is 12.6. The first-order chi connectivity index (χ1) is 14.8. The van der Waals surface area contributed by atoms with E-state index < -0.39 is 23.4 Å². The Hall–Kier alpha value is -2.63. The van der Waals surface area contributed by atoms with E-state index in [9.17, 15) is 22.8 Å². The van der Waals surface area contributed by atoms with E-state index in [2.05, 4.69) is 15.3 Å². The van der Waals surface area contributed by atoms with Gasteiger partial charge in [0, 0.05) is 38.6 Å². The predicted molar refractivity (Wildman–Crippen MR) is 110 cm³/mol. The van der Waals surface area contributed by atoms with Crippen molar-refractivity contribution in [3.05, 3.63) is 18.0 Å². The summed E-state index contributed by atoms with van der Waals surface area (Å²) in [6.07, 6.45) is -3.30. The number of piperazine rings is 1. The zero-order valence-corrected chi connectivity index (χ0v) is 18.7. The van der Waals surface area contributed by atoms with Gasteiger partial charge < -0.3 is 24.6 Å². The van der Waals surface area contributed by atoms with Crippen molar-refractivity contribution >= 4 is 17.9 Å². The molecule has 0 unspecified atom stereocenters. The zero-order chi connectivity index (χ0) is 23.9. The Balaban J connectivity index is 1.66. The Morgan fingerprint density at radius 3 is 2.25 bits per heavy atom. The molecule has 1 aromatic rings. The van der Waals surface area contributed by atoms with Crippen LogP contribution in [-0.2, 0) is 20.4 Å². The normalized spacial score (nSPS) is 16.0. The molecule has 0 saturated carbocycles. The fraction of sp³-hybridized carbons (Fsp3) is 0.700. The standard InChI is InChI=1S/C20H30F3N5O4/c1-14(26-18(30)32-19(2,3)4)13-31-10-5-16(29)27-6-8-28(9-7-27)17-24-11-15(12-25-17)20(21,22)23/h11-12,14H,5-10,13H2,1-4H3,(H,26,30)/t14-/m0/s1. The second-order valence-corrected chi connectivity index (χ2v) is 8.51. The van der Waals surface area contributed by atoms with Crippen LogP contribution in [0, 0.1) is 0 Å². The van der Waals surface area contributed by atoms with Crippen LogP contribution in [0.3, 0.4) is 0 Å². The van der Waals surface area contributed by atoms with Crippen LogP contribution in [0.25, 0.3) is 0 Å². The van der Waals surface area contributed by atoms with Gasteiger partial charge in [-0.25, -0.2) is 14.8 Å². The molecule has 9 nitrogen and oxygen atoms in total. The number of rotatable bonds is 7. The number of nitrogens with zero attached hydrogens (tertiary/aromatic N) is 4. The maximum absolute atomic E-state index is 12.6. The van der Waals surface area contributed by atoms with Crippen molar-refractivity contribution in [1.82, 2.24) is 20.2 Å². The van der Waals surface area contributed by atoms with E-state index in [1.54, 1.807) is 37.5 Å². The molecule has 1 fully saturated rings. The van der Waals surface area contributed by atoms with E-state index in [1.807, 2.05) is 0 Å². The summed E-state index contributed by atoms with van der Waals surface area (Å²) in [7, 11) is 0. The second-order valence-electron chi connectivity index (χ2n) is 8.51. The lowest BCUT2D eigenvalue weighted by atomic mass is 10.2. The Bertz CT molecular complexity index is 760. The molecule has 0 bridgehead atoms. The van der Waals surface area contributed by atoms with Gasteiger partial charge in [-0.3, -0.25) is 4.79 Å². The largest absolute Gasteiger partial charge is 0.444 e. The first kappa shape index (κ1) is 25.6. The van der Waals surface area contributed by atoms with Crippen molar-refractivity contribution in [2.24, 2.45) is 0 Å². The first-order valence-electron chi connectivity index (χ1n) is 10.3. The highest BCUT2D eigenvalue weighted by molar-refractivity contribution is 5.76. The first-order valence-corrected chi connectivity index (χ1v) is 10.3. The minimum Gasteiger partial charge on any atom is -0.444 e. The Labute approximate surface area is 185 Å². The van der Waals surface area contributed by atoms with Crippen molar-refractivity contribution < 1.29 is 32.2 Å². The number of anilines is 1. The van der Waals surface area contributed by atoms with Crippen LogP contribution in [0.5, 0.6) is 0 Å². The number of ether oxygens (including phenoxy) is 2. The Morgan fingerprint density at radius 2 is 1.72 bits per heavy atom. The lowest BCUT2D eigenvalue weighted by Gasteiger charge is -2.34. The van der Waals surface area contributed by atoms with Gasteiger partial charge in [0.15, 0.2) is 0 Å². The van der Waals surface area contributed by atoms with Crippen LogP contribution in [0.15, 0.2) is 12.4 Å². The number of alkyl halides is 3. The van der Waals surface area contributed by atoms with Crippen LogP contribution in [0.2, 0.25) is 0 Å².